The summed E-state index contributed by atoms with van der Waals surface area (Å²) >= 11 is 0. The van der Waals surface area contributed by atoms with Crippen molar-refractivity contribution in [2.75, 3.05) is 52.5 Å². The first-order valence-electron chi connectivity index (χ1n) is 11.3. The van der Waals surface area contributed by atoms with E-state index in [-0.39, 0.29) is 0 Å². The molecule has 3 unspecified atom stereocenters. The maximum absolute atomic E-state index is 5.57. The number of hydrogen-bond donors (Lipinski definition) is 2. The van der Waals surface area contributed by atoms with Crippen LogP contribution in [0, 0.1) is 5.92 Å². The lowest BCUT2D eigenvalue weighted by atomic mass is 10.1. The molecule has 6 nitrogen and oxygen atoms in total. The van der Waals surface area contributed by atoms with E-state index in [4.69, 9.17) is 9.73 Å². The molecule has 6 heteroatoms. The van der Waals surface area contributed by atoms with E-state index in [0.717, 1.165) is 51.3 Å². The van der Waals surface area contributed by atoms with E-state index in [0.29, 0.717) is 18.1 Å². The largest absolute Gasteiger partial charge is 0.379 e. The molecule has 27 heavy (non-hydrogen) atoms. The highest BCUT2D eigenvalue weighted by atomic mass is 16.5. The van der Waals surface area contributed by atoms with Crippen LogP contribution in [-0.4, -0.2) is 86.4 Å². The van der Waals surface area contributed by atoms with Crippen molar-refractivity contribution in [3.05, 3.63) is 0 Å². The summed E-state index contributed by atoms with van der Waals surface area (Å²) in [5.74, 6) is 1.93. The molecule has 0 spiro atoms. The summed E-state index contributed by atoms with van der Waals surface area (Å²) in [4.78, 5) is 10.1. The van der Waals surface area contributed by atoms with Crippen LogP contribution in [0.25, 0.3) is 0 Å². The third-order valence-corrected chi connectivity index (χ3v) is 6.45. The van der Waals surface area contributed by atoms with Crippen molar-refractivity contribution >= 4 is 5.96 Å². The maximum Gasteiger partial charge on any atom is 0.191 e. The molecule has 3 atom stereocenters. The Labute approximate surface area is 166 Å². The average molecular weight is 380 g/mol. The van der Waals surface area contributed by atoms with Crippen LogP contribution in [0.5, 0.6) is 0 Å². The van der Waals surface area contributed by atoms with Gasteiger partial charge in [-0.15, -0.1) is 0 Å². The van der Waals surface area contributed by atoms with Crippen LogP contribution in [0.1, 0.15) is 52.9 Å². The van der Waals surface area contributed by atoms with Gasteiger partial charge in [0, 0.05) is 50.8 Å². The van der Waals surface area contributed by atoms with Crippen molar-refractivity contribution < 1.29 is 4.74 Å². The third kappa shape index (κ3) is 6.33. The fraction of sp³-hybridized carbons (Fsp3) is 0.952. The third-order valence-electron chi connectivity index (χ3n) is 6.45. The van der Waals surface area contributed by atoms with E-state index in [9.17, 15) is 0 Å². The Morgan fingerprint density at radius 2 is 2.04 bits per heavy atom. The average Bonchev–Trinajstić information content (AvgIpc) is 3.32. The topological polar surface area (TPSA) is 52.1 Å². The SMILES string of the molecule is CCNC(=NCC(C)N1CCOCC1C)NC1CCN(CC2CCCC2)C1. The first-order valence-corrected chi connectivity index (χ1v) is 11.3. The summed E-state index contributed by atoms with van der Waals surface area (Å²) in [5, 5.41) is 7.14. The lowest BCUT2D eigenvalue weighted by Gasteiger charge is -2.37. The molecule has 3 aliphatic rings. The van der Waals surface area contributed by atoms with Gasteiger partial charge < -0.3 is 20.3 Å². The fourth-order valence-corrected chi connectivity index (χ4v) is 4.91. The smallest absolute Gasteiger partial charge is 0.191 e. The molecule has 3 fully saturated rings. The lowest BCUT2D eigenvalue weighted by Crippen LogP contribution is -2.50. The Morgan fingerprint density at radius 3 is 2.78 bits per heavy atom. The van der Waals surface area contributed by atoms with Crippen molar-refractivity contribution in [2.24, 2.45) is 10.9 Å². The molecule has 2 N–H and O–H groups in total. The molecule has 0 amide bonds. The number of nitrogens with zero attached hydrogens (tertiary/aromatic N) is 3. The minimum Gasteiger partial charge on any atom is -0.379 e. The van der Waals surface area contributed by atoms with Gasteiger partial charge in [0.15, 0.2) is 5.96 Å². The normalized spacial score (nSPS) is 30.0. The molecule has 1 saturated carbocycles. The van der Waals surface area contributed by atoms with Gasteiger partial charge in [0.1, 0.15) is 0 Å². The predicted octanol–water partition coefficient (Wildman–Crippen LogP) is 1.92. The number of morpholine rings is 1. The molecule has 0 aromatic carbocycles. The first-order chi connectivity index (χ1) is 13.2. The molecular weight excluding hydrogens is 338 g/mol. The maximum atomic E-state index is 5.57. The zero-order chi connectivity index (χ0) is 19.1. The molecule has 1 aliphatic carbocycles. The first kappa shape index (κ1) is 20.9. The van der Waals surface area contributed by atoms with Gasteiger partial charge in [0.2, 0.25) is 0 Å². The number of ether oxygens (including phenoxy) is 1. The van der Waals surface area contributed by atoms with Gasteiger partial charge >= 0.3 is 0 Å². The van der Waals surface area contributed by atoms with Gasteiger partial charge in [-0.05, 0) is 46.0 Å². The zero-order valence-electron chi connectivity index (χ0n) is 17.8. The highest BCUT2D eigenvalue weighted by Gasteiger charge is 2.27. The summed E-state index contributed by atoms with van der Waals surface area (Å²) in [6.07, 6.45) is 7.00. The van der Waals surface area contributed by atoms with Crippen LogP contribution < -0.4 is 10.6 Å². The number of likely N-dealkylation sites (tertiary alicyclic amines) is 1. The molecule has 0 radical (unpaired) electrons. The van der Waals surface area contributed by atoms with Gasteiger partial charge in [-0.25, -0.2) is 0 Å². The van der Waals surface area contributed by atoms with E-state index < -0.39 is 0 Å². The summed E-state index contributed by atoms with van der Waals surface area (Å²) in [7, 11) is 0. The Balaban J connectivity index is 1.45. The van der Waals surface area contributed by atoms with Crippen LogP contribution in [0.2, 0.25) is 0 Å². The lowest BCUT2D eigenvalue weighted by molar-refractivity contribution is -0.0165. The zero-order valence-corrected chi connectivity index (χ0v) is 17.8. The fourth-order valence-electron chi connectivity index (χ4n) is 4.91. The minimum absolute atomic E-state index is 0.446. The Bertz CT molecular complexity index is 465. The summed E-state index contributed by atoms with van der Waals surface area (Å²) in [6.45, 7) is 14.8. The Morgan fingerprint density at radius 1 is 1.22 bits per heavy atom. The predicted molar refractivity (Wildman–Crippen MR) is 112 cm³/mol. The quantitative estimate of drug-likeness (QED) is 0.523. The van der Waals surface area contributed by atoms with E-state index in [1.165, 1.54) is 45.2 Å². The molecular formula is C21H41N5O. The standard InChI is InChI=1S/C21H41N5O/c1-4-22-21(23-13-17(2)26-11-12-27-16-18(26)3)24-20-9-10-25(15-20)14-19-7-5-6-8-19/h17-20H,4-16H2,1-3H3,(H2,22,23,24). The Kier molecular flexibility index (Phi) is 8.22. The number of nitrogens with one attached hydrogen (secondary N) is 2. The van der Waals surface area contributed by atoms with E-state index in [1.54, 1.807) is 0 Å². The van der Waals surface area contributed by atoms with E-state index in [2.05, 4.69) is 41.2 Å². The molecule has 2 heterocycles. The van der Waals surface area contributed by atoms with Gasteiger partial charge in [0.05, 0.1) is 19.8 Å². The van der Waals surface area contributed by atoms with Gasteiger partial charge in [-0.1, -0.05) is 12.8 Å². The molecule has 0 aromatic heterocycles. The molecule has 0 aromatic rings. The van der Waals surface area contributed by atoms with Crippen molar-refractivity contribution in [3.63, 3.8) is 0 Å². The monoisotopic (exact) mass is 379 g/mol. The van der Waals surface area contributed by atoms with Gasteiger partial charge in [-0.3, -0.25) is 9.89 Å². The number of hydrogen-bond acceptors (Lipinski definition) is 4. The summed E-state index contributed by atoms with van der Waals surface area (Å²) in [5.41, 5.74) is 0. The number of aliphatic imine (C=N–C) groups is 1. The molecule has 156 valence electrons. The second-order valence-corrected chi connectivity index (χ2v) is 8.77. The van der Waals surface area contributed by atoms with Crippen molar-refractivity contribution in [1.29, 1.82) is 0 Å². The van der Waals surface area contributed by atoms with Gasteiger partial charge in [0.25, 0.3) is 0 Å². The van der Waals surface area contributed by atoms with Crippen molar-refractivity contribution in [2.45, 2.75) is 71.0 Å². The number of guanidine groups is 1. The summed E-state index contributed by atoms with van der Waals surface area (Å²) in [6, 6.07) is 1.46. The van der Waals surface area contributed by atoms with E-state index in [1.807, 2.05) is 0 Å². The highest BCUT2D eigenvalue weighted by Crippen LogP contribution is 2.26. The minimum atomic E-state index is 0.446. The summed E-state index contributed by atoms with van der Waals surface area (Å²) < 4.78 is 5.57. The highest BCUT2D eigenvalue weighted by molar-refractivity contribution is 5.80. The second kappa shape index (κ2) is 10.6. The van der Waals surface area contributed by atoms with Crippen LogP contribution in [0.15, 0.2) is 4.99 Å². The van der Waals surface area contributed by atoms with E-state index >= 15 is 0 Å². The molecule has 3 rings (SSSR count). The second-order valence-electron chi connectivity index (χ2n) is 8.77. The molecule has 0 bridgehead atoms. The van der Waals surface area contributed by atoms with Crippen LogP contribution in [0.4, 0.5) is 0 Å². The molecule has 2 saturated heterocycles. The van der Waals surface area contributed by atoms with Gasteiger partial charge in [-0.2, -0.15) is 0 Å². The van der Waals surface area contributed by atoms with Crippen LogP contribution in [-0.2, 0) is 4.74 Å². The Hall–Kier alpha value is -0.850. The van der Waals surface area contributed by atoms with Crippen LogP contribution in [0.3, 0.4) is 0 Å². The van der Waals surface area contributed by atoms with Crippen molar-refractivity contribution in [1.82, 2.24) is 20.4 Å². The van der Waals surface area contributed by atoms with Crippen LogP contribution >= 0.6 is 0 Å². The van der Waals surface area contributed by atoms with Crippen molar-refractivity contribution in [3.8, 4) is 0 Å². The number of rotatable bonds is 7. The molecule has 2 aliphatic heterocycles.